The van der Waals surface area contributed by atoms with Crippen LogP contribution in [0.5, 0.6) is 11.5 Å². The molecule has 2 amide bonds. The van der Waals surface area contributed by atoms with Gasteiger partial charge in [-0.3, -0.25) is 14.5 Å². The molecule has 0 aliphatic carbocycles. The summed E-state index contributed by atoms with van der Waals surface area (Å²) in [6.07, 6.45) is 0. The van der Waals surface area contributed by atoms with E-state index in [1.165, 1.54) is 19.1 Å². The summed E-state index contributed by atoms with van der Waals surface area (Å²) in [6.45, 7) is 0.110. The normalized spacial score (nSPS) is 13.3. The molecule has 0 saturated heterocycles. The monoisotopic (exact) mass is 279 g/mol. The number of rotatable bonds is 4. The summed E-state index contributed by atoms with van der Waals surface area (Å²) >= 11 is 0. The molecule has 1 aromatic rings. The Bertz CT molecular complexity index is 545. The Morgan fingerprint density at radius 1 is 1.35 bits per heavy atom. The van der Waals surface area contributed by atoms with Gasteiger partial charge in [-0.15, -0.1) is 0 Å². The number of fused-ring (bicyclic) bond motifs is 1. The summed E-state index contributed by atoms with van der Waals surface area (Å²) in [5, 5.41) is 5.51. The number of hydrogen-bond donors (Lipinski definition) is 2. The van der Waals surface area contributed by atoms with Crippen LogP contribution in [0.4, 0.5) is 11.4 Å². The van der Waals surface area contributed by atoms with Gasteiger partial charge in [-0.05, 0) is 0 Å². The molecule has 1 aliphatic rings. The summed E-state index contributed by atoms with van der Waals surface area (Å²) in [7, 11) is 4.59. The van der Waals surface area contributed by atoms with Crippen LogP contribution in [-0.2, 0) is 9.59 Å². The lowest BCUT2D eigenvalue weighted by atomic mass is 10.1. The van der Waals surface area contributed by atoms with Crippen LogP contribution in [0.25, 0.3) is 0 Å². The number of amides is 2. The van der Waals surface area contributed by atoms with E-state index in [4.69, 9.17) is 9.47 Å². The van der Waals surface area contributed by atoms with Gasteiger partial charge in [-0.2, -0.15) is 0 Å². The number of nitrogens with one attached hydrogen (secondary N) is 2. The van der Waals surface area contributed by atoms with E-state index in [0.29, 0.717) is 17.2 Å². The molecular formula is C13H17N3O4. The summed E-state index contributed by atoms with van der Waals surface area (Å²) in [4.78, 5) is 24.9. The topological polar surface area (TPSA) is 79.9 Å². The van der Waals surface area contributed by atoms with E-state index in [1.54, 1.807) is 19.2 Å². The van der Waals surface area contributed by atoms with Gasteiger partial charge in [0.2, 0.25) is 11.8 Å². The Balaban J connectivity index is 2.43. The maximum Gasteiger partial charge on any atom is 0.246 e. The number of nitrogens with zero attached hydrogens (tertiary/aromatic N) is 1. The van der Waals surface area contributed by atoms with Crippen LogP contribution in [0.2, 0.25) is 0 Å². The fraction of sp³-hybridized carbons (Fsp3) is 0.385. The van der Waals surface area contributed by atoms with Crippen LogP contribution in [-0.4, -0.2) is 46.2 Å². The third kappa shape index (κ3) is 2.47. The van der Waals surface area contributed by atoms with Crippen molar-refractivity contribution in [2.75, 3.05) is 44.6 Å². The van der Waals surface area contributed by atoms with Gasteiger partial charge in [0.25, 0.3) is 0 Å². The predicted octanol–water partition coefficient (Wildman–Crippen LogP) is 0.208. The number of carbonyl (C=O) groups is 2. The number of methoxy groups -OCH3 is 2. The van der Waals surface area contributed by atoms with E-state index in [9.17, 15) is 9.59 Å². The van der Waals surface area contributed by atoms with E-state index in [2.05, 4.69) is 10.6 Å². The van der Waals surface area contributed by atoms with Crippen molar-refractivity contribution in [2.24, 2.45) is 0 Å². The number of carbonyl (C=O) groups excluding carboxylic acids is 2. The molecule has 0 aromatic heterocycles. The molecule has 20 heavy (non-hydrogen) atoms. The molecule has 1 aliphatic heterocycles. The molecule has 1 heterocycles. The molecule has 108 valence electrons. The number of likely N-dealkylation sites (N-methyl/N-ethyl adjacent to an activating group) is 1. The second kappa shape index (κ2) is 5.68. The average Bonchev–Trinajstić information content (AvgIpc) is 2.48. The van der Waals surface area contributed by atoms with Gasteiger partial charge in [0.05, 0.1) is 32.1 Å². The molecular weight excluding hydrogens is 262 g/mol. The first-order valence-corrected chi connectivity index (χ1v) is 6.11. The molecule has 2 rings (SSSR count). The van der Waals surface area contributed by atoms with Crippen molar-refractivity contribution in [3.05, 3.63) is 12.1 Å². The molecule has 0 spiro atoms. The predicted molar refractivity (Wildman–Crippen MR) is 74.5 cm³/mol. The quantitative estimate of drug-likeness (QED) is 0.823. The summed E-state index contributed by atoms with van der Waals surface area (Å²) in [6, 6.07) is 3.43. The van der Waals surface area contributed by atoms with Gasteiger partial charge in [-0.1, -0.05) is 0 Å². The van der Waals surface area contributed by atoms with Crippen LogP contribution in [0, 0.1) is 0 Å². The molecule has 0 fully saturated rings. The van der Waals surface area contributed by atoms with Crippen molar-refractivity contribution in [1.29, 1.82) is 0 Å². The highest BCUT2D eigenvalue weighted by molar-refractivity contribution is 6.06. The van der Waals surface area contributed by atoms with Gasteiger partial charge in [0, 0.05) is 19.2 Å². The van der Waals surface area contributed by atoms with Crippen molar-refractivity contribution in [1.82, 2.24) is 5.32 Å². The SMILES string of the molecule is CNC(=O)CN1C(=O)CNc2cc(OC)c(OC)cc21. The van der Waals surface area contributed by atoms with Crippen molar-refractivity contribution >= 4 is 23.2 Å². The van der Waals surface area contributed by atoms with Crippen molar-refractivity contribution < 1.29 is 19.1 Å². The summed E-state index contributed by atoms with van der Waals surface area (Å²) < 4.78 is 10.4. The lowest BCUT2D eigenvalue weighted by Gasteiger charge is -2.30. The first kappa shape index (κ1) is 14.0. The minimum atomic E-state index is -0.235. The second-order valence-electron chi connectivity index (χ2n) is 4.23. The molecule has 1 aromatic carbocycles. The molecule has 0 saturated carbocycles. The van der Waals surface area contributed by atoms with E-state index in [1.807, 2.05) is 0 Å². The zero-order valence-electron chi connectivity index (χ0n) is 11.6. The maximum atomic E-state index is 12.0. The molecule has 0 radical (unpaired) electrons. The van der Waals surface area contributed by atoms with E-state index in [0.717, 1.165) is 5.69 Å². The number of anilines is 2. The number of benzene rings is 1. The molecule has 0 bridgehead atoms. The first-order chi connectivity index (χ1) is 9.60. The van der Waals surface area contributed by atoms with Crippen molar-refractivity contribution in [3.63, 3.8) is 0 Å². The molecule has 0 unspecified atom stereocenters. The van der Waals surface area contributed by atoms with Gasteiger partial charge in [0.15, 0.2) is 11.5 Å². The highest BCUT2D eigenvalue weighted by Crippen LogP contribution is 2.39. The molecule has 7 nitrogen and oxygen atoms in total. The minimum absolute atomic E-state index is 0.0283. The van der Waals surface area contributed by atoms with Crippen LogP contribution in [0.1, 0.15) is 0 Å². The molecule has 7 heteroatoms. The zero-order chi connectivity index (χ0) is 14.7. The highest BCUT2D eigenvalue weighted by Gasteiger charge is 2.27. The number of ether oxygens (including phenoxy) is 2. The molecule has 2 N–H and O–H groups in total. The lowest BCUT2D eigenvalue weighted by molar-refractivity contribution is -0.123. The van der Waals surface area contributed by atoms with Gasteiger partial charge in [0.1, 0.15) is 6.54 Å². The standard InChI is InChI=1S/C13H17N3O4/c1-14-12(17)7-16-9-5-11(20-3)10(19-2)4-8(9)15-6-13(16)18/h4-5,15H,6-7H2,1-3H3,(H,14,17). The fourth-order valence-electron chi connectivity index (χ4n) is 2.03. The zero-order valence-corrected chi connectivity index (χ0v) is 11.6. The fourth-order valence-corrected chi connectivity index (χ4v) is 2.03. The Kier molecular flexibility index (Phi) is 3.97. The van der Waals surface area contributed by atoms with Gasteiger partial charge < -0.3 is 20.1 Å². The third-order valence-corrected chi connectivity index (χ3v) is 3.10. The van der Waals surface area contributed by atoms with E-state index >= 15 is 0 Å². The Morgan fingerprint density at radius 3 is 2.60 bits per heavy atom. The van der Waals surface area contributed by atoms with Crippen molar-refractivity contribution in [3.8, 4) is 11.5 Å². The summed E-state index contributed by atoms with van der Waals surface area (Å²) in [5.74, 6) is 0.659. The maximum absolute atomic E-state index is 12.0. The lowest BCUT2D eigenvalue weighted by Crippen LogP contribution is -2.45. The second-order valence-corrected chi connectivity index (χ2v) is 4.23. The Morgan fingerprint density at radius 2 is 2.00 bits per heavy atom. The van der Waals surface area contributed by atoms with Crippen LogP contribution < -0.4 is 25.0 Å². The smallest absolute Gasteiger partial charge is 0.246 e. The third-order valence-electron chi connectivity index (χ3n) is 3.10. The van der Waals surface area contributed by atoms with Gasteiger partial charge in [-0.25, -0.2) is 0 Å². The Hall–Kier alpha value is -2.44. The first-order valence-electron chi connectivity index (χ1n) is 6.11. The van der Waals surface area contributed by atoms with Crippen LogP contribution in [0.3, 0.4) is 0 Å². The Labute approximate surface area is 116 Å². The van der Waals surface area contributed by atoms with Crippen LogP contribution in [0.15, 0.2) is 12.1 Å². The number of hydrogen-bond acceptors (Lipinski definition) is 5. The average molecular weight is 279 g/mol. The summed E-state index contributed by atoms with van der Waals surface area (Å²) in [5.41, 5.74) is 1.33. The largest absolute Gasteiger partial charge is 0.493 e. The highest BCUT2D eigenvalue weighted by atomic mass is 16.5. The molecule has 0 atom stereocenters. The minimum Gasteiger partial charge on any atom is -0.493 e. The van der Waals surface area contributed by atoms with Gasteiger partial charge >= 0.3 is 0 Å². The van der Waals surface area contributed by atoms with E-state index in [-0.39, 0.29) is 24.9 Å². The van der Waals surface area contributed by atoms with Crippen molar-refractivity contribution in [2.45, 2.75) is 0 Å². The van der Waals surface area contributed by atoms with Crippen LogP contribution >= 0.6 is 0 Å². The van der Waals surface area contributed by atoms with E-state index < -0.39 is 0 Å².